The van der Waals surface area contributed by atoms with E-state index in [1.165, 1.54) is 0 Å². The highest BCUT2D eigenvalue weighted by molar-refractivity contribution is 5.56. The van der Waals surface area contributed by atoms with Gasteiger partial charge >= 0.3 is 5.69 Å². The van der Waals surface area contributed by atoms with Crippen LogP contribution in [0.3, 0.4) is 0 Å². The van der Waals surface area contributed by atoms with E-state index in [0.717, 1.165) is 38.9 Å². The predicted molar refractivity (Wildman–Crippen MR) is 73.0 cm³/mol. The molecule has 2 N–H and O–H groups in total. The molecule has 1 aromatic rings. The highest BCUT2D eigenvalue weighted by Gasteiger charge is 2.27. The van der Waals surface area contributed by atoms with Crippen LogP contribution in [0.1, 0.15) is 37.9 Å². The molecule has 1 aromatic heterocycles. The molecule has 2 rings (SSSR count). The maximum Gasteiger partial charge on any atom is 0.333 e. The fourth-order valence-electron chi connectivity index (χ4n) is 2.76. The Morgan fingerprint density at radius 1 is 1.47 bits per heavy atom. The minimum absolute atomic E-state index is 0.0448. The van der Waals surface area contributed by atoms with Gasteiger partial charge in [0.05, 0.1) is 11.0 Å². The molecule has 2 heterocycles. The van der Waals surface area contributed by atoms with Crippen molar-refractivity contribution in [1.82, 2.24) is 14.7 Å². The fourth-order valence-corrected chi connectivity index (χ4v) is 2.76. The molecule has 0 aliphatic carbocycles. The Kier molecular flexibility index (Phi) is 4.04. The molecule has 0 amide bonds. The minimum Gasteiger partial charge on any atom is -0.378 e. The number of likely N-dealkylation sites (tertiary alicyclic amines) is 1. The maximum absolute atomic E-state index is 11.0. The van der Waals surface area contributed by atoms with Crippen LogP contribution < -0.4 is 5.73 Å². The first-order valence-electron chi connectivity index (χ1n) is 6.76. The molecule has 0 aromatic carbocycles. The Hall–Kier alpha value is -1.63. The fraction of sp³-hybridized carbons (Fsp3) is 0.750. The predicted octanol–water partition coefficient (Wildman–Crippen LogP) is 1.73. The van der Waals surface area contributed by atoms with Crippen molar-refractivity contribution in [3.63, 3.8) is 0 Å². The summed E-state index contributed by atoms with van der Waals surface area (Å²) < 4.78 is 1.66. The molecule has 106 valence electrons. The van der Waals surface area contributed by atoms with Gasteiger partial charge in [0.2, 0.25) is 5.82 Å². The maximum atomic E-state index is 11.0. The third kappa shape index (κ3) is 2.70. The Morgan fingerprint density at radius 3 is 2.79 bits per heavy atom. The van der Waals surface area contributed by atoms with E-state index in [-0.39, 0.29) is 17.5 Å². The van der Waals surface area contributed by atoms with Crippen LogP contribution in [-0.4, -0.2) is 39.2 Å². The number of nitrogen functional groups attached to an aromatic ring is 1. The van der Waals surface area contributed by atoms with Gasteiger partial charge < -0.3 is 10.6 Å². The Balaban J connectivity index is 2.22. The van der Waals surface area contributed by atoms with Crippen LogP contribution >= 0.6 is 0 Å². The van der Waals surface area contributed by atoms with Crippen LogP contribution in [0.2, 0.25) is 0 Å². The zero-order valence-electron chi connectivity index (χ0n) is 11.5. The van der Waals surface area contributed by atoms with Crippen molar-refractivity contribution in [3.8, 4) is 0 Å². The van der Waals surface area contributed by atoms with E-state index < -0.39 is 4.92 Å². The minimum atomic E-state index is -0.441. The van der Waals surface area contributed by atoms with Crippen molar-refractivity contribution < 1.29 is 4.92 Å². The zero-order valence-corrected chi connectivity index (χ0v) is 11.5. The lowest BCUT2D eigenvalue weighted by molar-refractivity contribution is -0.384. The van der Waals surface area contributed by atoms with Crippen LogP contribution in [0, 0.1) is 17.0 Å². The van der Waals surface area contributed by atoms with Gasteiger partial charge in [0, 0.05) is 6.54 Å². The zero-order chi connectivity index (χ0) is 14.0. The molecular formula is C12H21N5O2. The second-order valence-corrected chi connectivity index (χ2v) is 5.04. The van der Waals surface area contributed by atoms with Crippen molar-refractivity contribution in [1.29, 1.82) is 0 Å². The van der Waals surface area contributed by atoms with E-state index in [9.17, 15) is 10.1 Å². The van der Waals surface area contributed by atoms with Gasteiger partial charge in [-0.2, -0.15) is 5.10 Å². The van der Waals surface area contributed by atoms with E-state index in [0.29, 0.717) is 5.69 Å². The Morgan fingerprint density at radius 2 is 2.21 bits per heavy atom. The first-order chi connectivity index (χ1) is 9.04. The highest BCUT2D eigenvalue weighted by Crippen LogP contribution is 2.31. The van der Waals surface area contributed by atoms with Gasteiger partial charge in [-0.3, -0.25) is 10.1 Å². The largest absolute Gasteiger partial charge is 0.378 e. The second kappa shape index (κ2) is 5.56. The van der Waals surface area contributed by atoms with Gasteiger partial charge in [0.25, 0.3) is 0 Å². The van der Waals surface area contributed by atoms with Crippen molar-refractivity contribution in [2.45, 2.75) is 39.2 Å². The SMILES string of the molecule is CCN1CCCC(n2nc(C)c([N+](=O)[O-])c2N)CC1. The van der Waals surface area contributed by atoms with E-state index in [1.54, 1.807) is 11.6 Å². The average Bonchev–Trinajstić information content (AvgIpc) is 2.55. The number of nitrogens with zero attached hydrogens (tertiary/aromatic N) is 4. The second-order valence-electron chi connectivity index (χ2n) is 5.04. The number of rotatable bonds is 3. The van der Waals surface area contributed by atoms with Crippen LogP contribution in [0.15, 0.2) is 0 Å². The number of nitrogens with two attached hydrogens (primary N) is 1. The lowest BCUT2D eigenvalue weighted by Crippen LogP contribution is -2.24. The molecule has 7 heteroatoms. The molecule has 19 heavy (non-hydrogen) atoms. The van der Waals surface area contributed by atoms with Gasteiger partial charge in [-0.1, -0.05) is 6.92 Å². The molecule has 1 fully saturated rings. The van der Waals surface area contributed by atoms with Crippen molar-refractivity contribution >= 4 is 11.5 Å². The molecule has 1 saturated heterocycles. The monoisotopic (exact) mass is 267 g/mol. The summed E-state index contributed by atoms with van der Waals surface area (Å²) in [6.07, 6.45) is 2.99. The van der Waals surface area contributed by atoms with Crippen molar-refractivity contribution in [2.75, 3.05) is 25.4 Å². The first kappa shape index (κ1) is 13.8. The summed E-state index contributed by atoms with van der Waals surface area (Å²) >= 11 is 0. The van der Waals surface area contributed by atoms with Crippen LogP contribution in [0.4, 0.5) is 11.5 Å². The average molecular weight is 267 g/mol. The molecule has 0 spiro atoms. The topological polar surface area (TPSA) is 90.2 Å². The highest BCUT2D eigenvalue weighted by atomic mass is 16.6. The molecule has 7 nitrogen and oxygen atoms in total. The molecular weight excluding hydrogens is 246 g/mol. The van der Waals surface area contributed by atoms with Gasteiger partial charge in [-0.25, -0.2) is 4.68 Å². The number of hydrogen-bond donors (Lipinski definition) is 1. The first-order valence-corrected chi connectivity index (χ1v) is 6.76. The lowest BCUT2D eigenvalue weighted by Gasteiger charge is -2.18. The van der Waals surface area contributed by atoms with Crippen LogP contribution in [0.5, 0.6) is 0 Å². The third-order valence-corrected chi connectivity index (χ3v) is 3.86. The number of aryl methyl sites for hydroxylation is 1. The summed E-state index contributed by atoms with van der Waals surface area (Å²) in [6.45, 7) is 6.90. The van der Waals surface area contributed by atoms with Gasteiger partial charge in [-0.15, -0.1) is 0 Å². The standard InChI is InChI=1S/C12H21N5O2/c1-3-15-7-4-5-10(6-8-15)16-12(13)11(17(18)19)9(2)14-16/h10H,3-8,13H2,1-2H3. The lowest BCUT2D eigenvalue weighted by atomic mass is 10.1. The number of nitro groups is 1. The van der Waals surface area contributed by atoms with Gasteiger partial charge in [0.1, 0.15) is 5.69 Å². The van der Waals surface area contributed by atoms with Gasteiger partial charge in [0.15, 0.2) is 0 Å². The van der Waals surface area contributed by atoms with Crippen molar-refractivity contribution in [3.05, 3.63) is 15.8 Å². The quantitative estimate of drug-likeness (QED) is 0.665. The van der Waals surface area contributed by atoms with Crippen LogP contribution in [0.25, 0.3) is 0 Å². The Labute approximate surface area is 112 Å². The van der Waals surface area contributed by atoms with Crippen molar-refractivity contribution in [2.24, 2.45) is 0 Å². The molecule has 1 aliphatic rings. The number of anilines is 1. The van der Waals surface area contributed by atoms with E-state index in [2.05, 4.69) is 16.9 Å². The molecule has 0 radical (unpaired) electrons. The molecule has 1 unspecified atom stereocenters. The summed E-state index contributed by atoms with van der Waals surface area (Å²) in [5, 5.41) is 15.2. The molecule has 0 bridgehead atoms. The van der Waals surface area contributed by atoms with E-state index in [1.807, 2.05) is 0 Å². The smallest absolute Gasteiger partial charge is 0.333 e. The third-order valence-electron chi connectivity index (χ3n) is 3.86. The molecule has 1 atom stereocenters. The summed E-state index contributed by atoms with van der Waals surface area (Å²) in [6, 6.07) is 0.170. The molecule has 1 aliphatic heterocycles. The Bertz CT molecular complexity index is 471. The summed E-state index contributed by atoms with van der Waals surface area (Å²) in [4.78, 5) is 12.9. The molecule has 0 saturated carbocycles. The normalized spacial score (nSPS) is 21.3. The summed E-state index contributed by atoms with van der Waals surface area (Å²) in [7, 11) is 0. The summed E-state index contributed by atoms with van der Waals surface area (Å²) in [5.41, 5.74) is 6.26. The van der Waals surface area contributed by atoms with Crippen LogP contribution in [-0.2, 0) is 0 Å². The number of hydrogen-bond acceptors (Lipinski definition) is 5. The summed E-state index contributed by atoms with van der Waals surface area (Å²) in [5.74, 6) is 0.192. The van der Waals surface area contributed by atoms with E-state index >= 15 is 0 Å². The number of aromatic nitrogens is 2. The van der Waals surface area contributed by atoms with E-state index in [4.69, 9.17) is 5.73 Å². The van der Waals surface area contributed by atoms with Gasteiger partial charge in [-0.05, 0) is 39.3 Å².